The first kappa shape index (κ1) is 7.34. The maximum absolute atomic E-state index is 11.3. The Bertz CT molecular complexity index is 340. The van der Waals surface area contributed by atoms with Gasteiger partial charge in [0.2, 0.25) is 0 Å². The largest absolute Gasteiger partial charge is 0.394 e. The van der Waals surface area contributed by atoms with E-state index in [9.17, 15) is 4.79 Å². The molecule has 0 amide bonds. The zero-order valence-corrected chi connectivity index (χ0v) is 6.73. The molecule has 1 saturated carbocycles. The molecule has 1 fully saturated rings. The van der Waals surface area contributed by atoms with E-state index in [1.165, 1.54) is 23.6 Å². The third kappa shape index (κ3) is 1.32. The Hall–Kier alpha value is -1.32. The number of nitrogen functional groups attached to an aromatic ring is 1. The molecule has 64 valence electrons. The number of nitrogens with two attached hydrogens (primary N) is 1. The van der Waals surface area contributed by atoms with E-state index in [0.717, 1.165) is 6.54 Å². The second kappa shape index (κ2) is 2.62. The summed E-state index contributed by atoms with van der Waals surface area (Å²) in [5.74, 6) is 0.650. The van der Waals surface area contributed by atoms with Crippen molar-refractivity contribution in [2.75, 3.05) is 5.73 Å². The van der Waals surface area contributed by atoms with Crippen molar-refractivity contribution in [3.8, 4) is 0 Å². The van der Waals surface area contributed by atoms with Crippen molar-refractivity contribution in [3.05, 3.63) is 22.6 Å². The Labute approximate surface area is 70.0 Å². The van der Waals surface area contributed by atoms with E-state index in [2.05, 4.69) is 5.10 Å². The van der Waals surface area contributed by atoms with Gasteiger partial charge in [0.1, 0.15) is 5.69 Å². The molecule has 0 aromatic carbocycles. The smallest absolute Gasteiger partial charge is 0.289 e. The molecule has 1 aromatic heterocycles. The second-order valence-corrected chi connectivity index (χ2v) is 3.22. The quantitative estimate of drug-likeness (QED) is 0.682. The molecule has 0 saturated heterocycles. The Morgan fingerprint density at radius 1 is 1.67 bits per heavy atom. The molecule has 0 unspecified atom stereocenters. The van der Waals surface area contributed by atoms with Crippen LogP contribution in [0.4, 0.5) is 5.69 Å². The summed E-state index contributed by atoms with van der Waals surface area (Å²) in [4.78, 5) is 11.3. The predicted octanol–water partition coefficient (Wildman–Crippen LogP) is 0.236. The van der Waals surface area contributed by atoms with Crippen LogP contribution in [0.3, 0.4) is 0 Å². The van der Waals surface area contributed by atoms with Crippen molar-refractivity contribution >= 4 is 5.69 Å². The molecule has 0 radical (unpaired) electrons. The van der Waals surface area contributed by atoms with Gasteiger partial charge in [-0.3, -0.25) is 4.79 Å². The molecule has 0 atom stereocenters. The third-order valence-electron chi connectivity index (χ3n) is 2.07. The summed E-state index contributed by atoms with van der Waals surface area (Å²) in [5.41, 5.74) is 5.56. The van der Waals surface area contributed by atoms with Crippen LogP contribution in [0.15, 0.2) is 17.1 Å². The molecule has 4 nitrogen and oxygen atoms in total. The average Bonchev–Trinajstić information content (AvgIpc) is 2.83. The zero-order valence-electron chi connectivity index (χ0n) is 6.73. The van der Waals surface area contributed by atoms with E-state index in [-0.39, 0.29) is 11.2 Å². The van der Waals surface area contributed by atoms with Crippen LogP contribution < -0.4 is 11.3 Å². The Balaban J connectivity index is 2.29. The Morgan fingerprint density at radius 3 is 3.08 bits per heavy atom. The maximum atomic E-state index is 11.3. The van der Waals surface area contributed by atoms with Crippen molar-refractivity contribution in [2.24, 2.45) is 5.92 Å². The van der Waals surface area contributed by atoms with Crippen molar-refractivity contribution in [3.63, 3.8) is 0 Å². The lowest BCUT2D eigenvalue weighted by atomic mass is 10.4. The highest BCUT2D eigenvalue weighted by Crippen LogP contribution is 2.29. The number of rotatable bonds is 2. The number of hydrogen-bond donors (Lipinski definition) is 1. The van der Waals surface area contributed by atoms with Gasteiger partial charge in [0.25, 0.3) is 5.56 Å². The lowest BCUT2D eigenvalue weighted by Gasteiger charge is -2.01. The first-order chi connectivity index (χ1) is 5.77. The molecule has 4 heteroatoms. The molecule has 2 N–H and O–H groups in total. The molecule has 2 rings (SSSR count). The van der Waals surface area contributed by atoms with Gasteiger partial charge in [-0.1, -0.05) is 0 Å². The van der Waals surface area contributed by atoms with Gasteiger partial charge < -0.3 is 5.73 Å². The Kier molecular flexibility index (Phi) is 1.60. The molecule has 1 aliphatic carbocycles. The zero-order chi connectivity index (χ0) is 8.55. The van der Waals surface area contributed by atoms with Gasteiger partial charge in [0.15, 0.2) is 0 Å². The molecule has 0 bridgehead atoms. The van der Waals surface area contributed by atoms with Gasteiger partial charge in [-0.2, -0.15) is 5.10 Å². The van der Waals surface area contributed by atoms with E-state index in [1.807, 2.05) is 0 Å². The van der Waals surface area contributed by atoms with Gasteiger partial charge in [0.05, 0.1) is 0 Å². The fraction of sp³-hybridized carbons (Fsp3) is 0.500. The summed E-state index contributed by atoms with van der Waals surface area (Å²) in [7, 11) is 0. The topological polar surface area (TPSA) is 60.9 Å². The molecular formula is C8H11N3O. The van der Waals surface area contributed by atoms with Crippen LogP contribution in [0, 0.1) is 5.92 Å². The highest BCUT2D eigenvalue weighted by Gasteiger charge is 2.22. The van der Waals surface area contributed by atoms with Crippen LogP contribution in [0.2, 0.25) is 0 Å². The predicted molar refractivity (Wildman–Crippen MR) is 45.6 cm³/mol. The maximum Gasteiger partial charge on any atom is 0.289 e. The molecule has 1 heterocycles. The van der Waals surface area contributed by atoms with Gasteiger partial charge in [0, 0.05) is 12.7 Å². The summed E-state index contributed by atoms with van der Waals surface area (Å²) in [6.07, 6.45) is 3.99. The molecule has 12 heavy (non-hydrogen) atoms. The van der Waals surface area contributed by atoms with E-state index >= 15 is 0 Å². The first-order valence-corrected chi connectivity index (χ1v) is 4.09. The molecular weight excluding hydrogens is 154 g/mol. The van der Waals surface area contributed by atoms with Crippen LogP contribution in [-0.2, 0) is 6.54 Å². The van der Waals surface area contributed by atoms with E-state index in [1.54, 1.807) is 6.20 Å². The summed E-state index contributed by atoms with van der Waals surface area (Å²) in [6.45, 7) is 0.726. The lowest BCUT2D eigenvalue weighted by molar-refractivity contribution is 0.535. The summed E-state index contributed by atoms with van der Waals surface area (Å²) in [5, 5.41) is 3.94. The average molecular weight is 165 g/mol. The van der Waals surface area contributed by atoms with Crippen LogP contribution in [0.1, 0.15) is 12.8 Å². The molecule has 0 spiro atoms. The van der Waals surface area contributed by atoms with Crippen molar-refractivity contribution in [1.29, 1.82) is 0 Å². The summed E-state index contributed by atoms with van der Waals surface area (Å²) >= 11 is 0. The van der Waals surface area contributed by atoms with Crippen LogP contribution >= 0.6 is 0 Å². The van der Waals surface area contributed by atoms with Crippen molar-refractivity contribution in [1.82, 2.24) is 9.78 Å². The first-order valence-electron chi connectivity index (χ1n) is 4.09. The van der Waals surface area contributed by atoms with Crippen molar-refractivity contribution in [2.45, 2.75) is 19.4 Å². The van der Waals surface area contributed by atoms with Gasteiger partial charge in [-0.25, -0.2) is 4.68 Å². The van der Waals surface area contributed by atoms with Crippen LogP contribution in [-0.4, -0.2) is 9.78 Å². The second-order valence-electron chi connectivity index (χ2n) is 3.22. The Morgan fingerprint density at radius 2 is 2.42 bits per heavy atom. The highest BCUT2D eigenvalue weighted by molar-refractivity contribution is 5.31. The van der Waals surface area contributed by atoms with Crippen LogP contribution in [0.5, 0.6) is 0 Å². The van der Waals surface area contributed by atoms with Gasteiger partial charge >= 0.3 is 0 Å². The summed E-state index contributed by atoms with van der Waals surface area (Å²) in [6, 6.07) is 1.53. The fourth-order valence-electron chi connectivity index (χ4n) is 1.14. The standard InChI is InChI=1S/C8H11N3O/c9-7-3-4-10-11(8(7)12)5-6-1-2-6/h3-4,6H,1-2,5,9H2. The molecule has 1 aliphatic rings. The fourth-order valence-corrected chi connectivity index (χ4v) is 1.14. The molecule has 0 aliphatic heterocycles. The number of hydrogen-bond acceptors (Lipinski definition) is 3. The summed E-state index contributed by atoms with van der Waals surface area (Å²) < 4.78 is 1.45. The minimum atomic E-state index is -0.163. The van der Waals surface area contributed by atoms with E-state index < -0.39 is 0 Å². The highest BCUT2D eigenvalue weighted by atomic mass is 16.1. The number of anilines is 1. The van der Waals surface area contributed by atoms with Crippen molar-refractivity contribution < 1.29 is 0 Å². The van der Waals surface area contributed by atoms with E-state index in [0.29, 0.717) is 5.92 Å². The lowest BCUT2D eigenvalue weighted by Crippen LogP contribution is -2.25. The van der Waals surface area contributed by atoms with Crippen LogP contribution in [0.25, 0.3) is 0 Å². The van der Waals surface area contributed by atoms with Gasteiger partial charge in [-0.15, -0.1) is 0 Å². The normalized spacial score (nSPS) is 16.3. The SMILES string of the molecule is Nc1ccnn(CC2CC2)c1=O. The monoisotopic (exact) mass is 165 g/mol. The van der Waals surface area contributed by atoms with E-state index in [4.69, 9.17) is 5.73 Å². The minimum absolute atomic E-state index is 0.163. The number of nitrogens with zero attached hydrogens (tertiary/aromatic N) is 2. The molecule has 1 aromatic rings. The number of aromatic nitrogens is 2. The third-order valence-corrected chi connectivity index (χ3v) is 2.07. The minimum Gasteiger partial charge on any atom is -0.394 e. The van der Waals surface area contributed by atoms with Gasteiger partial charge in [-0.05, 0) is 24.8 Å².